The quantitative estimate of drug-likeness (QED) is 0.920. The molecule has 24 heavy (non-hydrogen) atoms. The summed E-state index contributed by atoms with van der Waals surface area (Å²) in [6.45, 7) is 2.39. The van der Waals surface area contributed by atoms with Crippen molar-refractivity contribution in [2.24, 2.45) is 0 Å². The van der Waals surface area contributed by atoms with E-state index in [1.807, 2.05) is 19.1 Å². The highest BCUT2D eigenvalue weighted by Gasteiger charge is 2.28. The van der Waals surface area contributed by atoms with Crippen molar-refractivity contribution in [2.45, 2.75) is 19.4 Å². The van der Waals surface area contributed by atoms with Crippen LogP contribution in [0.4, 0.5) is 5.69 Å². The standard InChI is InChI=1S/C17H19N3O3S/c1-13(14-7-9-18-10-8-14)19-17(21)15-3-5-16(6-4-15)20-11-2-12-24(20,22)23/h3-10,13H,2,11-12H2,1H3,(H,19,21). The number of nitrogens with one attached hydrogen (secondary N) is 1. The molecule has 0 spiro atoms. The van der Waals surface area contributed by atoms with Gasteiger partial charge in [-0.1, -0.05) is 0 Å². The highest BCUT2D eigenvalue weighted by molar-refractivity contribution is 7.93. The number of sulfonamides is 1. The first-order chi connectivity index (χ1) is 11.5. The predicted octanol–water partition coefficient (Wildman–Crippen LogP) is 2.11. The molecule has 2 aromatic rings. The zero-order valence-corrected chi connectivity index (χ0v) is 14.2. The largest absolute Gasteiger partial charge is 0.346 e. The molecule has 1 unspecified atom stereocenters. The van der Waals surface area contributed by atoms with E-state index < -0.39 is 10.0 Å². The lowest BCUT2D eigenvalue weighted by Crippen LogP contribution is -2.27. The van der Waals surface area contributed by atoms with Gasteiger partial charge in [0.15, 0.2) is 0 Å². The second-order valence-corrected chi connectivity index (χ2v) is 7.78. The highest BCUT2D eigenvalue weighted by Crippen LogP contribution is 2.24. The third-order valence-corrected chi connectivity index (χ3v) is 5.94. The third kappa shape index (κ3) is 3.41. The summed E-state index contributed by atoms with van der Waals surface area (Å²) in [6.07, 6.45) is 4.00. The molecule has 0 radical (unpaired) electrons. The van der Waals surface area contributed by atoms with Crippen LogP contribution in [0.1, 0.15) is 35.3 Å². The number of carbonyl (C=O) groups is 1. The van der Waals surface area contributed by atoms with Crippen LogP contribution in [-0.2, 0) is 10.0 Å². The molecule has 1 fully saturated rings. The summed E-state index contributed by atoms with van der Waals surface area (Å²) in [5.41, 5.74) is 2.07. The van der Waals surface area contributed by atoms with E-state index in [0.29, 0.717) is 24.2 Å². The van der Waals surface area contributed by atoms with Crippen molar-refractivity contribution in [2.75, 3.05) is 16.6 Å². The Bertz CT molecular complexity index is 820. The topological polar surface area (TPSA) is 79.4 Å². The second kappa shape index (κ2) is 6.60. The molecule has 0 aliphatic carbocycles. The Kier molecular flexibility index (Phi) is 4.53. The Morgan fingerprint density at radius 3 is 2.42 bits per heavy atom. The molecule has 0 bridgehead atoms. The van der Waals surface area contributed by atoms with Crippen molar-refractivity contribution in [1.82, 2.24) is 10.3 Å². The summed E-state index contributed by atoms with van der Waals surface area (Å²) >= 11 is 0. The Labute approximate surface area is 141 Å². The van der Waals surface area contributed by atoms with Gasteiger partial charge in [-0.3, -0.25) is 14.1 Å². The summed E-state index contributed by atoms with van der Waals surface area (Å²) in [7, 11) is -3.20. The first-order valence-corrected chi connectivity index (χ1v) is 9.39. The van der Waals surface area contributed by atoms with E-state index in [1.165, 1.54) is 4.31 Å². The number of hydrogen-bond donors (Lipinski definition) is 1. The molecule has 1 aromatic carbocycles. The third-order valence-electron chi connectivity index (χ3n) is 4.07. The maximum atomic E-state index is 12.3. The van der Waals surface area contributed by atoms with Crippen LogP contribution in [0.15, 0.2) is 48.8 Å². The maximum Gasteiger partial charge on any atom is 0.251 e. The summed E-state index contributed by atoms with van der Waals surface area (Å²) in [5.74, 6) is -0.0197. The second-order valence-electron chi connectivity index (χ2n) is 5.76. The molecular formula is C17H19N3O3S. The number of amides is 1. The van der Waals surface area contributed by atoms with Crippen LogP contribution in [-0.4, -0.2) is 31.6 Å². The van der Waals surface area contributed by atoms with Gasteiger partial charge < -0.3 is 5.32 Å². The van der Waals surface area contributed by atoms with Gasteiger partial charge in [0.2, 0.25) is 10.0 Å². The lowest BCUT2D eigenvalue weighted by molar-refractivity contribution is 0.0940. The number of rotatable bonds is 4. The average molecular weight is 345 g/mol. The van der Waals surface area contributed by atoms with Crippen molar-refractivity contribution in [3.8, 4) is 0 Å². The van der Waals surface area contributed by atoms with Gasteiger partial charge in [0.25, 0.3) is 5.91 Å². The van der Waals surface area contributed by atoms with Gasteiger partial charge in [-0.15, -0.1) is 0 Å². The van der Waals surface area contributed by atoms with Crippen LogP contribution in [0, 0.1) is 0 Å². The number of hydrogen-bond acceptors (Lipinski definition) is 4. The molecule has 1 N–H and O–H groups in total. The molecule has 1 atom stereocenters. The smallest absolute Gasteiger partial charge is 0.251 e. The van der Waals surface area contributed by atoms with E-state index >= 15 is 0 Å². The Morgan fingerprint density at radius 1 is 1.17 bits per heavy atom. The first kappa shape index (κ1) is 16.4. The van der Waals surface area contributed by atoms with Gasteiger partial charge in [-0.25, -0.2) is 8.42 Å². The van der Waals surface area contributed by atoms with E-state index in [9.17, 15) is 13.2 Å². The van der Waals surface area contributed by atoms with Crippen molar-refractivity contribution in [3.05, 3.63) is 59.9 Å². The van der Waals surface area contributed by atoms with Crippen LogP contribution in [0.2, 0.25) is 0 Å². The van der Waals surface area contributed by atoms with Crippen LogP contribution in [0.3, 0.4) is 0 Å². The first-order valence-electron chi connectivity index (χ1n) is 7.79. The minimum Gasteiger partial charge on any atom is -0.346 e. The van der Waals surface area contributed by atoms with Crippen molar-refractivity contribution in [3.63, 3.8) is 0 Å². The Morgan fingerprint density at radius 2 is 1.83 bits per heavy atom. The number of carbonyl (C=O) groups excluding carboxylic acids is 1. The van der Waals surface area contributed by atoms with E-state index in [4.69, 9.17) is 0 Å². The number of aromatic nitrogens is 1. The SMILES string of the molecule is CC(NC(=O)c1ccc(N2CCCS2(=O)=O)cc1)c1ccncc1. The Balaban J connectivity index is 1.70. The van der Waals surface area contributed by atoms with Gasteiger partial charge in [0.1, 0.15) is 0 Å². The van der Waals surface area contributed by atoms with E-state index in [0.717, 1.165) is 5.56 Å². The zero-order valence-electron chi connectivity index (χ0n) is 13.3. The summed E-state index contributed by atoms with van der Waals surface area (Å²) in [4.78, 5) is 16.3. The molecular weight excluding hydrogens is 326 g/mol. The monoisotopic (exact) mass is 345 g/mol. The lowest BCUT2D eigenvalue weighted by Gasteiger charge is -2.17. The molecule has 126 valence electrons. The van der Waals surface area contributed by atoms with Gasteiger partial charge in [0.05, 0.1) is 17.5 Å². The highest BCUT2D eigenvalue weighted by atomic mass is 32.2. The fourth-order valence-corrected chi connectivity index (χ4v) is 4.29. The van der Waals surface area contributed by atoms with Gasteiger partial charge in [-0.05, 0) is 55.3 Å². The minimum absolute atomic E-state index is 0.140. The van der Waals surface area contributed by atoms with Crippen LogP contribution in [0.5, 0.6) is 0 Å². The van der Waals surface area contributed by atoms with Gasteiger partial charge in [-0.2, -0.15) is 0 Å². The molecule has 1 saturated heterocycles. The fraction of sp³-hybridized carbons (Fsp3) is 0.294. The van der Waals surface area contributed by atoms with Crippen LogP contribution < -0.4 is 9.62 Å². The minimum atomic E-state index is -3.20. The molecule has 3 rings (SSSR count). The van der Waals surface area contributed by atoms with Crippen molar-refractivity contribution in [1.29, 1.82) is 0 Å². The van der Waals surface area contributed by atoms with E-state index in [2.05, 4.69) is 10.3 Å². The maximum absolute atomic E-state index is 12.3. The number of nitrogens with zero attached hydrogens (tertiary/aromatic N) is 2. The summed E-state index contributed by atoms with van der Waals surface area (Å²) in [6, 6.07) is 10.2. The van der Waals surface area contributed by atoms with Gasteiger partial charge >= 0.3 is 0 Å². The van der Waals surface area contributed by atoms with Crippen molar-refractivity contribution < 1.29 is 13.2 Å². The molecule has 1 aromatic heterocycles. The fourth-order valence-electron chi connectivity index (χ4n) is 2.72. The van der Waals surface area contributed by atoms with Crippen molar-refractivity contribution >= 4 is 21.6 Å². The normalized spacial score (nSPS) is 17.5. The van der Waals surface area contributed by atoms with Gasteiger partial charge in [0, 0.05) is 24.5 Å². The van der Waals surface area contributed by atoms with E-state index in [1.54, 1.807) is 36.7 Å². The molecule has 0 saturated carbocycles. The lowest BCUT2D eigenvalue weighted by atomic mass is 10.1. The Hall–Kier alpha value is -2.41. The van der Waals surface area contributed by atoms with Crippen LogP contribution in [0.25, 0.3) is 0 Å². The molecule has 1 amide bonds. The van der Waals surface area contributed by atoms with E-state index in [-0.39, 0.29) is 17.7 Å². The van der Waals surface area contributed by atoms with Crippen LogP contribution >= 0.6 is 0 Å². The predicted molar refractivity (Wildman–Crippen MR) is 92.3 cm³/mol. The molecule has 2 heterocycles. The number of benzene rings is 1. The summed E-state index contributed by atoms with van der Waals surface area (Å²) < 4.78 is 25.2. The molecule has 7 heteroatoms. The zero-order chi connectivity index (χ0) is 17.2. The summed E-state index contributed by atoms with van der Waals surface area (Å²) in [5, 5.41) is 2.92. The molecule has 6 nitrogen and oxygen atoms in total. The number of pyridine rings is 1. The molecule has 1 aliphatic heterocycles. The molecule has 1 aliphatic rings. The number of anilines is 1. The average Bonchev–Trinajstić information content (AvgIpc) is 2.95.